The largest absolute Gasteiger partial charge is 0.484 e. The topological polar surface area (TPSA) is 94.6 Å². The Morgan fingerprint density at radius 3 is 2.42 bits per heavy atom. The summed E-state index contributed by atoms with van der Waals surface area (Å²) in [5.41, 5.74) is 7.51. The van der Waals surface area contributed by atoms with Crippen LogP contribution in [0.25, 0.3) is 22.0 Å². The molecule has 1 amide bonds. The Morgan fingerprint density at radius 2 is 1.79 bits per heavy atom. The second-order valence-corrected chi connectivity index (χ2v) is 5.53. The van der Waals surface area contributed by atoms with Gasteiger partial charge in [-0.25, -0.2) is 4.79 Å². The molecule has 1 aromatic heterocycles. The van der Waals surface area contributed by atoms with Gasteiger partial charge in [0, 0.05) is 23.4 Å². The Morgan fingerprint density at radius 1 is 1.12 bits per heavy atom. The van der Waals surface area contributed by atoms with Gasteiger partial charge in [-0.2, -0.15) is 0 Å². The Balaban J connectivity index is 1.96. The molecular weight excluding hydrogens is 332 g/mol. The van der Waals surface area contributed by atoms with Crippen LogP contribution in [0.15, 0.2) is 48.7 Å². The van der Waals surface area contributed by atoms with E-state index in [0.717, 1.165) is 11.1 Å². The molecule has 7 heteroatoms. The highest BCUT2D eigenvalue weighted by atomic mass is 35.5. The second-order valence-electron chi connectivity index (χ2n) is 5.17. The average Bonchev–Trinajstić information content (AvgIpc) is 2.90. The van der Waals surface area contributed by atoms with Crippen LogP contribution in [0.3, 0.4) is 0 Å². The molecule has 0 atom stereocenters. The first kappa shape index (κ1) is 15.9. The van der Waals surface area contributed by atoms with E-state index >= 15 is 0 Å². The summed E-state index contributed by atoms with van der Waals surface area (Å²) in [6, 6.07) is 12.5. The van der Waals surface area contributed by atoms with E-state index in [1.54, 1.807) is 24.3 Å². The molecule has 3 aromatic rings. The van der Waals surface area contributed by atoms with Gasteiger partial charge in [0.15, 0.2) is 6.61 Å². The third kappa shape index (κ3) is 3.04. The van der Waals surface area contributed by atoms with Gasteiger partial charge in [0.25, 0.3) is 5.91 Å². The quantitative estimate of drug-likeness (QED) is 0.744. The molecule has 2 aromatic carbocycles. The van der Waals surface area contributed by atoms with Gasteiger partial charge in [-0.15, -0.1) is 0 Å². The maximum atomic E-state index is 11.3. The lowest BCUT2D eigenvalue weighted by Gasteiger charge is -2.06. The first-order valence-corrected chi connectivity index (χ1v) is 7.35. The number of carboxylic acids is 1. The number of nitrogens with two attached hydrogens (primary N) is 1. The molecule has 0 bridgehead atoms. The molecule has 3 rings (SSSR count). The molecule has 0 aliphatic carbocycles. The van der Waals surface area contributed by atoms with Gasteiger partial charge < -0.3 is 15.6 Å². The van der Waals surface area contributed by atoms with E-state index in [-0.39, 0.29) is 12.2 Å². The van der Waals surface area contributed by atoms with E-state index in [1.165, 1.54) is 10.3 Å². The first-order chi connectivity index (χ1) is 11.5. The lowest BCUT2D eigenvalue weighted by atomic mass is 10.0. The third-order valence-corrected chi connectivity index (χ3v) is 3.84. The molecule has 0 aliphatic rings. The number of carbonyl (C=O) groups excluding carboxylic acids is 1. The van der Waals surface area contributed by atoms with Gasteiger partial charge in [-0.05, 0) is 35.4 Å². The van der Waals surface area contributed by atoms with Crippen molar-refractivity contribution in [1.82, 2.24) is 4.09 Å². The number of rotatable bonds is 5. The van der Waals surface area contributed by atoms with Crippen molar-refractivity contribution in [1.29, 1.82) is 0 Å². The summed E-state index contributed by atoms with van der Waals surface area (Å²) in [5.74, 6) is -1.06. The van der Waals surface area contributed by atoms with Crippen LogP contribution < -0.4 is 10.5 Å². The van der Waals surface area contributed by atoms with Gasteiger partial charge in [0.2, 0.25) is 0 Å². The van der Waals surface area contributed by atoms with Crippen molar-refractivity contribution in [3.8, 4) is 16.9 Å². The van der Waals surface area contributed by atoms with Gasteiger partial charge in [0.05, 0.1) is 11.1 Å². The van der Waals surface area contributed by atoms with Crippen molar-refractivity contribution >= 4 is 34.6 Å². The number of ether oxygens (including phenoxy) is 1. The Kier molecular flexibility index (Phi) is 4.14. The minimum Gasteiger partial charge on any atom is -0.484 e. The molecule has 24 heavy (non-hydrogen) atoms. The van der Waals surface area contributed by atoms with Crippen LogP contribution >= 0.6 is 11.8 Å². The Bertz CT molecular complexity index is 932. The van der Waals surface area contributed by atoms with Gasteiger partial charge in [0.1, 0.15) is 5.75 Å². The summed E-state index contributed by atoms with van der Waals surface area (Å²) in [6.07, 6.45) is 1.37. The van der Waals surface area contributed by atoms with Crippen molar-refractivity contribution in [3.05, 3.63) is 54.2 Å². The van der Waals surface area contributed by atoms with Crippen molar-refractivity contribution in [3.63, 3.8) is 0 Å². The summed E-state index contributed by atoms with van der Waals surface area (Å²) in [5, 5.41) is 9.83. The van der Waals surface area contributed by atoms with E-state index in [9.17, 15) is 14.7 Å². The molecule has 6 nitrogen and oxygen atoms in total. The van der Waals surface area contributed by atoms with Crippen LogP contribution in [0.1, 0.15) is 10.4 Å². The highest BCUT2D eigenvalue weighted by Gasteiger charge is 2.14. The van der Waals surface area contributed by atoms with Crippen LogP contribution in [0.2, 0.25) is 0 Å². The first-order valence-electron chi connectivity index (χ1n) is 7.02. The molecule has 0 saturated heterocycles. The summed E-state index contributed by atoms with van der Waals surface area (Å²) in [6.45, 7) is -0.184. The molecule has 1 heterocycles. The van der Waals surface area contributed by atoms with E-state index < -0.39 is 11.9 Å². The van der Waals surface area contributed by atoms with Crippen LogP contribution in [0.5, 0.6) is 5.75 Å². The molecule has 0 unspecified atom stereocenters. The van der Waals surface area contributed by atoms with E-state index in [4.69, 9.17) is 22.2 Å². The zero-order valence-corrected chi connectivity index (χ0v) is 13.2. The zero-order chi connectivity index (χ0) is 17.3. The highest BCUT2D eigenvalue weighted by Crippen LogP contribution is 2.29. The highest BCUT2D eigenvalue weighted by molar-refractivity contribution is 6.21. The summed E-state index contributed by atoms with van der Waals surface area (Å²) >= 11 is 6.00. The maximum absolute atomic E-state index is 11.3. The fraction of sp³-hybridized carbons (Fsp3) is 0.0588. The summed E-state index contributed by atoms with van der Waals surface area (Å²) < 4.78 is 6.48. The smallest absolute Gasteiger partial charge is 0.337 e. The van der Waals surface area contributed by atoms with Gasteiger partial charge >= 0.3 is 5.97 Å². The van der Waals surface area contributed by atoms with E-state index in [0.29, 0.717) is 16.7 Å². The van der Waals surface area contributed by atoms with E-state index in [1.807, 2.05) is 18.2 Å². The SMILES string of the molecule is NC(=O)COc1ccc(-c2ccc3c(c2)c(C(=O)O)cn3Cl)cc1. The van der Waals surface area contributed by atoms with Crippen molar-refractivity contribution in [2.24, 2.45) is 5.73 Å². The molecule has 0 saturated carbocycles. The number of carbonyl (C=O) groups is 2. The minimum absolute atomic E-state index is 0.142. The molecule has 3 N–H and O–H groups in total. The van der Waals surface area contributed by atoms with Crippen LogP contribution in [0, 0.1) is 0 Å². The van der Waals surface area contributed by atoms with Gasteiger partial charge in [-0.3, -0.25) is 8.88 Å². The normalized spacial score (nSPS) is 10.7. The Labute approximate surface area is 142 Å². The number of halogens is 1. The summed E-state index contributed by atoms with van der Waals surface area (Å²) in [7, 11) is 0. The molecule has 0 aliphatic heterocycles. The number of primary amides is 1. The molecule has 0 spiro atoms. The fourth-order valence-corrected chi connectivity index (χ4v) is 2.68. The Hall–Kier alpha value is -2.99. The maximum Gasteiger partial charge on any atom is 0.337 e. The number of benzene rings is 2. The number of hydrogen-bond donors (Lipinski definition) is 2. The standard InChI is InChI=1S/C17H13ClN2O4/c18-20-8-14(17(22)23)13-7-11(3-6-15(13)20)10-1-4-12(5-2-10)24-9-16(19)21/h1-8H,9H2,(H2,19,21)(H,22,23). The minimum atomic E-state index is -1.04. The zero-order valence-electron chi connectivity index (χ0n) is 12.4. The monoisotopic (exact) mass is 344 g/mol. The van der Waals surface area contributed by atoms with Crippen LogP contribution in [-0.4, -0.2) is 27.7 Å². The molecular formula is C17H13ClN2O4. The van der Waals surface area contributed by atoms with Crippen LogP contribution in [-0.2, 0) is 4.79 Å². The van der Waals surface area contributed by atoms with Crippen LogP contribution in [0.4, 0.5) is 0 Å². The molecule has 122 valence electrons. The van der Waals surface area contributed by atoms with Crippen molar-refractivity contribution < 1.29 is 19.4 Å². The van der Waals surface area contributed by atoms with Crippen molar-refractivity contribution in [2.45, 2.75) is 0 Å². The number of amides is 1. The molecule has 0 radical (unpaired) electrons. The predicted octanol–water partition coefficient (Wildman–Crippen LogP) is 2.87. The summed E-state index contributed by atoms with van der Waals surface area (Å²) in [4.78, 5) is 22.0. The predicted molar refractivity (Wildman–Crippen MR) is 90.3 cm³/mol. The average molecular weight is 345 g/mol. The van der Waals surface area contributed by atoms with E-state index in [2.05, 4.69) is 0 Å². The number of carboxylic acid groups (broad SMARTS) is 1. The lowest BCUT2D eigenvalue weighted by Crippen LogP contribution is -2.19. The van der Waals surface area contributed by atoms with Crippen molar-refractivity contribution in [2.75, 3.05) is 6.61 Å². The van der Waals surface area contributed by atoms with Gasteiger partial charge in [-0.1, -0.05) is 18.2 Å². The molecule has 0 fully saturated rings. The number of fused-ring (bicyclic) bond motifs is 1. The second kappa shape index (κ2) is 6.25. The lowest BCUT2D eigenvalue weighted by molar-refractivity contribution is -0.119. The number of hydrogen-bond acceptors (Lipinski definition) is 3. The fourth-order valence-electron chi connectivity index (χ4n) is 2.44. The number of aromatic nitrogens is 1. The number of nitrogens with zero attached hydrogens (tertiary/aromatic N) is 1. The number of aromatic carboxylic acids is 1. The third-order valence-electron chi connectivity index (χ3n) is 3.56.